The highest BCUT2D eigenvalue weighted by atomic mass is 32.2. The van der Waals surface area contributed by atoms with Crippen LogP contribution in [-0.4, -0.2) is 55.3 Å². The van der Waals surface area contributed by atoms with Crippen molar-refractivity contribution in [1.29, 1.82) is 0 Å². The third-order valence-corrected chi connectivity index (χ3v) is 9.61. The zero-order valence-corrected chi connectivity index (χ0v) is 24.2. The van der Waals surface area contributed by atoms with Crippen molar-refractivity contribution in [3.8, 4) is 11.7 Å². The Bertz CT molecular complexity index is 1450. The predicted molar refractivity (Wildman–Crippen MR) is 148 cm³/mol. The van der Waals surface area contributed by atoms with Gasteiger partial charge in [-0.25, -0.2) is 9.67 Å². The van der Waals surface area contributed by atoms with E-state index in [0.717, 1.165) is 42.9 Å². The van der Waals surface area contributed by atoms with Crippen LogP contribution in [0.3, 0.4) is 0 Å². The van der Waals surface area contributed by atoms with Crippen LogP contribution in [0, 0.1) is 18.3 Å². The summed E-state index contributed by atoms with van der Waals surface area (Å²) in [4.78, 5) is 21.5. The SMILES string of the molecule is Cc1c2cnn1CCCC1CN(c3nc(-n4ccc(OCCC5(C(F)(F)F)CC5)n4)ccc3C(=O)NS2)C(C)(C)C1. The fourth-order valence-corrected chi connectivity index (χ4v) is 6.70. The van der Waals surface area contributed by atoms with Gasteiger partial charge in [0.1, 0.15) is 5.82 Å². The summed E-state index contributed by atoms with van der Waals surface area (Å²) in [5.41, 5.74) is -0.346. The predicted octanol–water partition coefficient (Wildman–Crippen LogP) is 5.72. The number of pyridine rings is 1. The first-order valence-corrected chi connectivity index (χ1v) is 14.8. The summed E-state index contributed by atoms with van der Waals surface area (Å²) in [5, 5.41) is 8.92. The minimum Gasteiger partial charge on any atom is -0.477 e. The first-order valence-electron chi connectivity index (χ1n) is 14.0. The normalized spacial score (nSPS) is 21.7. The summed E-state index contributed by atoms with van der Waals surface area (Å²) >= 11 is 1.25. The third kappa shape index (κ3) is 5.40. The van der Waals surface area contributed by atoms with E-state index in [2.05, 4.69) is 33.7 Å². The highest BCUT2D eigenvalue weighted by Gasteiger charge is 2.62. The van der Waals surface area contributed by atoms with Crippen LogP contribution in [0.25, 0.3) is 5.82 Å². The lowest BCUT2D eigenvalue weighted by Gasteiger charge is -2.34. The topological polar surface area (TPSA) is 90.1 Å². The van der Waals surface area contributed by atoms with E-state index < -0.39 is 11.6 Å². The number of rotatable bonds is 5. The monoisotopic (exact) mass is 589 g/mol. The van der Waals surface area contributed by atoms with E-state index in [1.54, 1.807) is 30.6 Å². The smallest absolute Gasteiger partial charge is 0.394 e. The Kier molecular flexibility index (Phi) is 6.98. The highest BCUT2D eigenvalue weighted by molar-refractivity contribution is 7.98. The summed E-state index contributed by atoms with van der Waals surface area (Å²) in [6.45, 7) is 7.90. The summed E-state index contributed by atoms with van der Waals surface area (Å²) in [6.07, 6.45) is 2.47. The lowest BCUT2D eigenvalue weighted by atomic mass is 9.93. The number of nitrogens with zero attached hydrogens (tertiary/aromatic N) is 6. The molecule has 4 bridgehead atoms. The lowest BCUT2D eigenvalue weighted by Crippen LogP contribution is -2.40. The van der Waals surface area contributed by atoms with Gasteiger partial charge >= 0.3 is 6.18 Å². The second-order valence-corrected chi connectivity index (χ2v) is 12.8. The number of amides is 1. The van der Waals surface area contributed by atoms with Gasteiger partial charge in [-0.2, -0.15) is 18.3 Å². The van der Waals surface area contributed by atoms with Crippen molar-refractivity contribution in [1.82, 2.24) is 29.3 Å². The number of carbonyl (C=O) groups excluding carboxylic acids is 1. The highest BCUT2D eigenvalue weighted by Crippen LogP contribution is 2.59. The van der Waals surface area contributed by atoms with Gasteiger partial charge in [0.2, 0.25) is 5.88 Å². The Morgan fingerprint density at radius 1 is 1.22 bits per heavy atom. The molecule has 3 aliphatic rings. The van der Waals surface area contributed by atoms with Crippen molar-refractivity contribution >= 4 is 23.7 Å². The molecule has 1 aliphatic carbocycles. The van der Waals surface area contributed by atoms with Crippen LogP contribution in [-0.2, 0) is 6.54 Å². The van der Waals surface area contributed by atoms with Crippen LogP contribution in [0.2, 0.25) is 0 Å². The Morgan fingerprint density at radius 3 is 2.78 bits per heavy atom. The molecule has 0 radical (unpaired) electrons. The van der Waals surface area contributed by atoms with Crippen molar-refractivity contribution < 1.29 is 22.7 Å². The molecule has 2 aliphatic heterocycles. The van der Waals surface area contributed by atoms with Crippen molar-refractivity contribution in [2.24, 2.45) is 11.3 Å². The van der Waals surface area contributed by atoms with Crippen LogP contribution in [0.15, 0.2) is 35.5 Å². The molecule has 1 unspecified atom stereocenters. The second-order valence-electron chi connectivity index (χ2n) is 12.0. The van der Waals surface area contributed by atoms with Crippen molar-refractivity contribution in [3.63, 3.8) is 0 Å². The van der Waals surface area contributed by atoms with Gasteiger partial charge in [0.25, 0.3) is 5.91 Å². The summed E-state index contributed by atoms with van der Waals surface area (Å²) in [6, 6.07) is 5.08. The maximum absolute atomic E-state index is 13.5. The van der Waals surface area contributed by atoms with Gasteiger partial charge in [-0.3, -0.25) is 14.2 Å². The number of aryl methyl sites for hydroxylation is 1. The molecule has 41 heavy (non-hydrogen) atoms. The number of halogens is 3. The van der Waals surface area contributed by atoms with E-state index in [9.17, 15) is 18.0 Å². The molecule has 3 aromatic rings. The lowest BCUT2D eigenvalue weighted by molar-refractivity contribution is -0.190. The number of carbonyl (C=O) groups is 1. The number of hydrogen-bond donors (Lipinski definition) is 1. The van der Waals surface area contributed by atoms with E-state index in [-0.39, 0.29) is 43.2 Å². The van der Waals surface area contributed by atoms with Crippen LogP contribution in [0.4, 0.5) is 19.0 Å². The number of ether oxygens (including phenoxy) is 1. The fraction of sp³-hybridized carbons (Fsp3) is 0.571. The van der Waals surface area contributed by atoms with E-state index in [4.69, 9.17) is 9.72 Å². The standard InChI is InChI=1S/C28H34F3N7O2S/c1-18-21-16-32-37(18)12-4-5-19-15-26(2,3)36(17-19)24-20(25(39)35-41-21)6-7-22(33-24)38-13-8-23(34-38)40-14-11-27(9-10-27)28(29,30)31/h6-8,13,16,19H,4-5,9-12,14-15,17H2,1-3H3,(H,35,39). The first-order chi connectivity index (χ1) is 19.5. The number of alkyl halides is 3. The van der Waals surface area contributed by atoms with Crippen molar-refractivity contribution in [2.75, 3.05) is 18.1 Å². The number of nitrogens with one attached hydrogen (secondary N) is 1. The molecule has 1 saturated heterocycles. The zero-order chi connectivity index (χ0) is 29.0. The number of anilines is 1. The van der Waals surface area contributed by atoms with Gasteiger partial charge in [-0.15, -0.1) is 5.10 Å². The molecule has 2 fully saturated rings. The van der Waals surface area contributed by atoms with Crippen LogP contribution < -0.4 is 14.4 Å². The van der Waals surface area contributed by atoms with Crippen LogP contribution in [0.1, 0.15) is 68.4 Å². The maximum atomic E-state index is 13.5. The van der Waals surface area contributed by atoms with Gasteiger partial charge in [0, 0.05) is 30.9 Å². The van der Waals surface area contributed by atoms with E-state index in [0.29, 0.717) is 23.1 Å². The molecule has 9 nitrogen and oxygen atoms in total. The Balaban J connectivity index is 1.26. The molecule has 220 valence electrons. The molecule has 3 aromatic heterocycles. The Morgan fingerprint density at radius 2 is 2.02 bits per heavy atom. The molecule has 6 rings (SSSR count). The molecule has 1 atom stereocenters. The van der Waals surface area contributed by atoms with Gasteiger partial charge in [-0.05, 0) is 89.3 Å². The fourth-order valence-electron chi connectivity index (χ4n) is 6.03. The quantitative estimate of drug-likeness (QED) is 0.381. The summed E-state index contributed by atoms with van der Waals surface area (Å²) in [5.74, 6) is 1.49. The molecule has 0 spiro atoms. The minimum absolute atomic E-state index is 0.0618. The Labute approximate surface area is 241 Å². The third-order valence-electron chi connectivity index (χ3n) is 8.70. The molecule has 5 heterocycles. The van der Waals surface area contributed by atoms with E-state index in [1.165, 1.54) is 16.6 Å². The van der Waals surface area contributed by atoms with Crippen molar-refractivity contribution in [3.05, 3.63) is 41.9 Å². The number of hydrogen-bond acceptors (Lipinski definition) is 7. The molecule has 1 amide bonds. The zero-order valence-electron chi connectivity index (χ0n) is 23.4. The summed E-state index contributed by atoms with van der Waals surface area (Å²) < 4.78 is 51.8. The minimum atomic E-state index is -4.21. The van der Waals surface area contributed by atoms with Gasteiger partial charge in [-0.1, -0.05) is 0 Å². The van der Waals surface area contributed by atoms with Crippen LogP contribution in [0.5, 0.6) is 5.88 Å². The van der Waals surface area contributed by atoms with E-state index in [1.807, 2.05) is 11.6 Å². The van der Waals surface area contributed by atoms with Crippen molar-refractivity contribution in [2.45, 2.75) is 82.5 Å². The largest absolute Gasteiger partial charge is 0.477 e. The van der Waals surface area contributed by atoms with Gasteiger partial charge < -0.3 is 9.64 Å². The maximum Gasteiger partial charge on any atom is 0.394 e. The Hall–Kier alpha value is -3.22. The average Bonchev–Trinajstić information content (AvgIpc) is 3.28. The molecular weight excluding hydrogens is 555 g/mol. The molecular formula is C28H34F3N7O2S. The van der Waals surface area contributed by atoms with Gasteiger partial charge in [0.15, 0.2) is 5.82 Å². The summed E-state index contributed by atoms with van der Waals surface area (Å²) in [7, 11) is 0. The van der Waals surface area contributed by atoms with Gasteiger partial charge in [0.05, 0.1) is 34.4 Å². The number of fused-ring (bicyclic) bond motifs is 6. The molecule has 1 N–H and O–H groups in total. The average molecular weight is 590 g/mol. The van der Waals surface area contributed by atoms with E-state index >= 15 is 0 Å². The molecule has 1 saturated carbocycles. The first kappa shape index (κ1) is 27.9. The van der Waals surface area contributed by atoms with Crippen LogP contribution >= 0.6 is 11.9 Å². The molecule has 0 aromatic carbocycles. The second kappa shape index (κ2) is 10.2. The number of aromatic nitrogens is 5. The molecule has 13 heteroatoms.